The van der Waals surface area contributed by atoms with Crippen LogP contribution in [-0.4, -0.2) is 14.8 Å². The van der Waals surface area contributed by atoms with Crippen molar-refractivity contribution in [3.05, 3.63) is 84.2 Å². The molecule has 0 aliphatic carbocycles. The molecular weight excluding hydrogens is 400 g/mol. The van der Waals surface area contributed by atoms with Gasteiger partial charge in [-0.05, 0) is 59.9 Å². The van der Waals surface area contributed by atoms with Gasteiger partial charge in [-0.3, -0.25) is 13.7 Å². The third kappa shape index (κ3) is 3.95. The minimum atomic E-state index is -0.564. The molecule has 0 atom stereocenters. The summed E-state index contributed by atoms with van der Waals surface area (Å²) >= 11 is 12.8. The number of amides is 1. The highest BCUT2D eigenvalue weighted by Crippen LogP contribution is 2.22. The first-order valence-electron chi connectivity index (χ1n) is 7.42. The summed E-state index contributed by atoms with van der Waals surface area (Å²) in [7, 11) is 0. The third-order valence-corrected chi connectivity index (χ3v) is 5.14. The molecule has 0 radical (unpaired) electrons. The van der Waals surface area contributed by atoms with Crippen LogP contribution >= 0.6 is 34.7 Å². The van der Waals surface area contributed by atoms with Crippen molar-refractivity contribution in [2.45, 2.75) is 13.5 Å². The van der Waals surface area contributed by atoms with Crippen molar-refractivity contribution in [1.82, 2.24) is 8.94 Å². The molecule has 1 amide bonds. The molecule has 1 heterocycles. The zero-order valence-corrected chi connectivity index (χ0v) is 15.8. The Kier molecular flexibility index (Phi) is 5.41. The minimum Gasteiger partial charge on any atom is -0.267 e. The summed E-state index contributed by atoms with van der Waals surface area (Å²) in [6.45, 7) is 1.73. The summed E-state index contributed by atoms with van der Waals surface area (Å²) in [5, 5.41) is 0.777. The lowest BCUT2D eigenvalue weighted by molar-refractivity contribution is 0.0997. The molecule has 9 heteroatoms. The number of hydrogen-bond donors (Lipinski definition) is 1. The zero-order valence-electron chi connectivity index (χ0n) is 13.4. The molecule has 0 bridgehead atoms. The van der Waals surface area contributed by atoms with Gasteiger partial charge in [0.2, 0.25) is 4.80 Å². The Morgan fingerprint density at radius 2 is 2.00 bits per heavy atom. The number of aromatic amines is 1. The monoisotopic (exact) mass is 411 g/mol. The second kappa shape index (κ2) is 7.57. The number of H-pyrrole nitrogens is 1. The lowest BCUT2D eigenvalue weighted by atomic mass is 10.1. The number of nitrogens with zero attached hydrogens (tertiary/aromatic N) is 2. The summed E-state index contributed by atoms with van der Waals surface area (Å²) in [4.78, 5) is 28.6. The molecule has 0 aliphatic heterocycles. The van der Waals surface area contributed by atoms with Crippen LogP contribution < -0.4 is 10.5 Å². The van der Waals surface area contributed by atoms with Crippen molar-refractivity contribution in [1.29, 1.82) is 0 Å². The molecule has 2 aromatic carbocycles. The van der Waals surface area contributed by atoms with Gasteiger partial charge in [0.25, 0.3) is 5.91 Å². The number of benzene rings is 2. The largest absolute Gasteiger partial charge is 0.337 e. The number of aryl methyl sites for hydroxylation is 1. The fourth-order valence-electron chi connectivity index (χ4n) is 2.26. The van der Waals surface area contributed by atoms with Gasteiger partial charge in [-0.1, -0.05) is 29.3 Å². The molecule has 5 nitrogen and oxygen atoms in total. The van der Waals surface area contributed by atoms with E-state index in [0.29, 0.717) is 15.6 Å². The van der Waals surface area contributed by atoms with Gasteiger partial charge in [0, 0.05) is 5.56 Å². The molecule has 134 valence electrons. The molecule has 0 fully saturated rings. The van der Waals surface area contributed by atoms with Gasteiger partial charge in [-0.15, -0.1) is 0 Å². The summed E-state index contributed by atoms with van der Waals surface area (Å²) in [5.41, 5.74) is 0.917. The molecule has 0 unspecified atom stereocenters. The molecular formula is C17H12Cl2FN3O2S. The SMILES string of the molecule is Cc1cc(C(=O)/N=c2\s[nH]c(=O)n2Cc2ccc(Cl)c(Cl)c2)ccc1F. The quantitative estimate of drug-likeness (QED) is 0.712. The van der Waals surface area contributed by atoms with Gasteiger partial charge >= 0.3 is 5.69 Å². The fraction of sp³-hybridized carbons (Fsp3) is 0.118. The topological polar surface area (TPSA) is 67.2 Å². The molecule has 0 aliphatic rings. The maximum atomic E-state index is 13.3. The van der Waals surface area contributed by atoms with Gasteiger partial charge in [-0.2, -0.15) is 4.99 Å². The van der Waals surface area contributed by atoms with E-state index in [2.05, 4.69) is 9.37 Å². The first-order valence-corrected chi connectivity index (χ1v) is 9.00. The first-order chi connectivity index (χ1) is 12.3. The second-order valence-corrected chi connectivity index (χ2v) is 7.10. The number of carbonyl (C=O) groups is 1. The van der Waals surface area contributed by atoms with E-state index in [-0.39, 0.29) is 16.9 Å². The predicted molar refractivity (Wildman–Crippen MR) is 99.5 cm³/mol. The summed E-state index contributed by atoms with van der Waals surface area (Å²) in [6.07, 6.45) is 0. The number of hydrogen-bond acceptors (Lipinski definition) is 3. The molecule has 0 spiro atoms. The average Bonchev–Trinajstić information content (AvgIpc) is 2.93. The van der Waals surface area contributed by atoms with Crippen LogP contribution in [-0.2, 0) is 6.54 Å². The fourth-order valence-corrected chi connectivity index (χ4v) is 3.25. The Balaban J connectivity index is 1.97. The molecule has 0 saturated carbocycles. The van der Waals surface area contributed by atoms with Gasteiger partial charge in [0.15, 0.2) is 0 Å². The Hall–Kier alpha value is -2.22. The van der Waals surface area contributed by atoms with Crippen molar-refractivity contribution in [3.8, 4) is 0 Å². The summed E-state index contributed by atoms with van der Waals surface area (Å²) in [5.74, 6) is -0.964. The van der Waals surface area contributed by atoms with Crippen molar-refractivity contribution in [2.24, 2.45) is 4.99 Å². The Morgan fingerprint density at radius 3 is 2.69 bits per heavy atom. The lowest BCUT2D eigenvalue weighted by Crippen LogP contribution is -2.28. The van der Waals surface area contributed by atoms with E-state index >= 15 is 0 Å². The van der Waals surface area contributed by atoms with E-state index in [0.717, 1.165) is 17.1 Å². The minimum absolute atomic E-state index is 0.171. The predicted octanol–water partition coefficient (Wildman–Crippen LogP) is 3.78. The van der Waals surface area contributed by atoms with Crippen LogP contribution in [0.25, 0.3) is 0 Å². The zero-order chi connectivity index (χ0) is 18.8. The Morgan fingerprint density at radius 1 is 1.23 bits per heavy atom. The highest BCUT2D eigenvalue weighted by Gasteiger charge is 2.10. The van der Waals surface area contributed by atoms with Gasteiger partial charge in [0.1, 0.15) is 5.82 Å². The Bertz CT molecular complexity index is 1120. The summed E-state index contributed by atoms with van der Waals surface area (Å²) < 4.78 is 17.2. The van der Waals surface area contributed by atoms with Crippen LogP contribution in [0, 0.1) is 12.7 Å². The maximum absolute atomic E-state index is 13.3. The highest BCUT2D eigenvalue weighted by atomic mass is 35.5. The second-order valence-electron chi connectivity index (χ2n) is 5.51. The maximum Gasteiger partial charge on any atom is 0.337 e. The van der Waals surface area contributed by atoms with E-state index in [9.17, 15) is 14.0 Å². The molecule has 26 heavy (non-hydrogen) atoms. The molecule has 3 rings (SSSR count). The van der Waals surface area contributed by atoms with E-state index in [4.69, 9.17) is 23.2 Å². The lowest BCUT2D eigenvalue weighted by Gasteiger charge is -2.04. The van der Waals surface area contributed by atoms with E-state index in [1.54, 1.807) is 25.1 Å². The van der Waals surface area contributed by atoms with Gasteiger partial charge in [-0.25, -0.2) is 9.18 Å². The van der Waals surface area contributed by atoms with Gasteiger partial charge < -0.3 is 0 Å². The van der Waals surface area contributed by atoms with Crippen LogP contribution in [0.15, 0.2) is 46.2 Å². The Labute approximate surface area is 161 Å². The van der Waals surface area contributed by atoms with Crippen molar-refractivity contribution >= 4 is 40.6 Å². The van der Waals surface area contributed by atoms with E-state index in [1.165, 1.54) is 22.8 Å². The van der Waals surface area contributed by atoms with Crippen LogP contribution in [0.3, 0.4) is 0 Å². The average molecular weight is 412 g/mol. The number of halogens is 3. The van der Waals surface area contributed by atoms with Crippen molar-refractivity contribution in [2.75, 3.05) is 0 Å². The normalized spacial score (nSPS) is 11.8. The van der Waals surface area contributed by atoms with Crippen LogP contribution in [0.1, 0.15) is 21.5 Å². The number of aromatic nitrogens is 2. The van der Waals surface area contributed by atoms with E-state index < -0.39 is 17.4 Å². The van der Waals surface area contributed by atoms with Crippen LogP contribution in [0.2, 0.25) is 10.0 Å². The van der Waals surface area contributed by atoms with Crippen molar-refractivity contribution < 1.29 is 9.18 Å². The number of nitrogens with one attached hydrogen (secondary N) is 1. The van der Waals surface area contributed by atoms with E-state index in [1.807, 2.05) is 0 Å². The molecule has 1 aromatic heterocycles. The van der Waals surface area contributed by atoms with Crippen molar-refractivity contribution in [3.63, 3.8) is 0 Å². The molecule has 0 saturated heterocycles. The first kappa shape index (κ1) is 18.6. The molecule has 3 aromatic rings. The van der Waals surface area contributed by atoms with Crippen LogP contribution in [0.4, 0.5) is 4.39 Å². The number of rotatable bonds is 3. The third-order valence-electron chi connectivity index (χ3n) is 3.63. The highest BCUT2D eigenvalue weighted by molar-refractivity contribution is 7.02. The summed E-state index contributed by atoms with van der Waals surface area (Å²) in [6, 6.07) is 8.98. The standard InChI is InChI=1S/C17H12Cl2FN3O2S/c1-9-6-11(3-5-14(9)20)15(24)21-17-23(16(25)22-26-17)8-10-2-4-12(18)13(19)7-10/h2-7H,8H2,1H3,(H,22,25)/b21-17-. The smallest absolute Gasteiger partial charge is 0.267 e. The van der Waals surface area contributed by atoms with Gasteiger partial charge in [0.05, 0.1) is 16.6 Å². The number of carbonyl (C=O) groups excluding carboxylic acids is 1. The molecule has 1 N–H and O–H groups in total. The van der Waals surface area contributed by atoms with Crippen LogP contribution in [0.5, 0.6) is 0 Å².